The summed E-state index contributed by atoms with van der Waals surface area (Å²) < 4.78 is 7.68. The third-order valence-corrected chi connectivity index (χ3v) is 5.60. The number of amides is 1. The number of morpholine rings is 1. The predicted molar refractivity (Wildman–Crippen MR) is 106 cm³/mol. The van der Waals surface area contributed by atoms with Gasteiger partial charge in [0.2, 0.25) is 5.91 Å². The lowest BCUT2D eigenvalue weighted by molar-refractivity contribution is -0.140. The Labute approximate surface area is 164 Å². The third-order valence-electron chi connectivity index (χ3n) is 4.62. The molecule has 1 aromatic carbocycles. The van der Waals surface area contributed by atoms with Gasteiger partial charge in [-0.2, -0.15) is 0 Å². The second kappa shape index (κ2) is 8.91. The number of hydrogen-bond donors (Lipinski definition) is 1. The SMILES string of the molecule is Cc1ccc(Cn2c(CO)cnc2SCC(=O)N2CC(C)OC(C)C2)cc1. The molecule has 146 valence electrons. The largest absolute Gasteiger partial charge is 0.390 e. The Hall–Kier alpha value is -1.83. The molecule has 0 bridgehead atoms. The Morgan fingerprint density at radius 2 is 1.93 bits per heavy atom. The first-order chi connectivity index (χ1) is 13.0. The fraction of sp³-hybridized carbons (Fsp3) is 0.500. The number of aryl methyl sites for hydroxylation is 1. The van der Waals surface area contributed by atoms with Crippen molar-refractivity contribution in [1.29, 1.82) is 0 Å². The van der Waals surface area contributed by atoms with Gasteiger partial charge in [-0.1, -0.05) is 41.6 Å². The van der Waals surface area contributed by atoms with Crippen LogP contribution in [0.15, 0.2) is 35.6 Å². The van der Waals surface area contributed by atoms with Crippen LogP contribution in [-0.2, 0) is 22.7 Å². The Balaban J connectivity index is 1.67. The van der Waals surface area contributed by atoms with Crippen LogP contribution in [0.2, 0.25) is 0 Å². The van der Waals surface area contributed by atoms with Crippen LogP contribution in [-0.4, -0.2) is 56.5 Å². The standard InChI is InChI=1S/C20H27N3O3S/c1-14-4-6-17(7-5-14)11-23-18(12-24)8-21-20(23)27-13-19(25)22-9-15(2)26-16(3)10-22/h4-8,15-16,24H,9-13H2,1-3H3. The van der Waals surface area contributed by atoms with Crippen molar-refractivity contribution in [1.82, 2.24) is 14.5 Å². The maximum absolute atomic E-state index is 12.6. The zero-order chi connectivity index (χ0) is 19.4. The molecule has 1 fully saturated rings. The molecule has 0 aliphatic carbocycles. The lowest BCUT2D eigenvalue weighted by atomic mass is 10.1. The van der Waals surface area contributed by atoms with E-state index in [9.17, 15) is 9.90 Å². The number of imidazole rings is 1. The van der Waals surface area contributed by atoms with Crippen LogP contribution in [0, 0.1) is 6.92 Å². The number of rotatable bonds is 6. The molecule has 2 atom stereocenters. The average molecular weight is 390 g/mol. The summed E-state index contributed by atoms with van der Waals surface area (Å²) in [5.41, 5.74) is 3.09. The van der Waals surface area contributed by atoms with E-state index in [1.54, 1.807) is 6.20 Å². The van der Waals surface area contributed by atoms with E-state index in [2.05, 4.69) is 36.2 Å². The maximum atomic E-state index is 12.6. The van der Waals surface area contributed by atoms with Crippen LogP contribution in [0.4, 0.5) is 0 Å². The molecular formula is C20H27N3O3S. The fourth-order valence-corrected chi connectivity index (χ4v) is 4.18. The highest BCUT2D eigenvalue weighted by Gasteiger charge is 2.26. The summed E-state index contributed by atoms with van der Waals surface area (Å²) in [6, 6.07) is 8.29. The quantitative estimate of drug-likeness (QED) is 0.769. The van der Waals surface area contributed by atoms with Crippen LogP contribution in [0.5, 0.6) is 0 Å². The third kappa shape index (κ3) is 5.12. The van der Waals surface area contributed by atoms with Gasteiger partial charge in [0.1, 0.15) is 0 Å². The average Bonchev–Trinajstić information content (AvgIpc) is 3.02. The number of carbonyl (C=O) groups excluding carboxylic acids is 1. The summed E-state index contributed by atoms with van der Waals surface area (Å²) in [6.07, 6.45) is 1.80. The van der Waals surface area contributed by atoms with Gasteiger partial charge < -0.3 is 19.3 Å². The van der Waals surface area contributed by atoms with Crippen molar-refractivity contribution in [3.05, 3.63) is 47.3 Å². The molecule has 0 radical (unpaired) electrons. The van der Waals surface area contributed by atoms with Crippen molar-refractivity contribution in [3.63, 3.8) is 0 Å². The van der Waals surface area contributed by atoms with E-state index in [0.29, 0.717) is 25.4 Å². The monoisotopic (exact) mass is 389 g/mol. The molecule has 3 rings (SSSR count). The Kier molecular flexibility index (Phi) is 6.57. The van der Waals surface area contributed by atoms with Crippen molar-refractivity contribution in [2.24, 2.45) is 0 Å². The summed E-state index contributed by atoms with van der Waals surface area (Å²) in [7, 11) is 0. The molecule has 2 aromatic rings. The van der Waals surface area contributed by atoms with Crippen LogP contribution in [0.25, 0.3) is 0 Å². The zero-order valence-electron chi connectivity index (χ0n) is 16.1. The number of thioether (sulfide) groups is 1. The van der Waals surface area contributed by atoms with Crippen molar-refractivity contribution in [2.75, 3.05) is 18.8 Å². The summed E-state index contributed by atoms with van der Waals surface area (Å²) in [5, 5.41) is 10.4. The minimum Gasteiger partial charge on any atom is -0.390 e. The number of carbonyl (C=O) groups is 1. The van der Waals surface area contributed by atoms with E-state index in [1.807, 2.05) is 23.3 Å². The zero-order valence-corrected chi connectivity index (χ0v) is 16.9. The predicted octanol–water partition coefficient (Wildman–Crippen LogP) is 2.46. The second-order valence-electron chi connectivity index (χ2n) is 7.11. The smallest absolute Gasteiger partial charge is 0.233 e. The number of benzene rings is 1. The van der Waals surface area contributed by atoms with Crippen LogP contribution >= 0.6 is 11.8 Å². The molecule has 1 aliphatic heterocycles. The molecule has 27 heavy (non-hydrogen) atoms. The minimum absolute atomic E-state index is 0.0622. The van der Waals surface area contributed by atoms with Crippen molar-refractivity contribution >= 4 is 17.7 Å². The number of ether oxygens (including phenoxy) is 1. The van der Waals surface area contributed by atoms with E-state index < -0.39 is 0 Å². The maximum Gasteiger partial charge on any atom is 0.233 e. The Morgan fingerprint density at radius 1 is 1.26 bits per heavy atom. The van der Waals surface area contributed by atoms with Crippen molar-refractivity contribution < 1.29 is 14.6 Å². The molecule has 1 amide bonds. The van der Waals surface area contributed by atoms with Gasteiger partial charge in [-0.05, 0) is 26.3 Å². The lowest BCUT2D eigenvalue weighted by Gasteiger charge is -2.35. The molecule has 6 nitrogen and oxygen atoms in total. The van der Waals surface area contributed by atoms with Gasteiger partial charge in [0.25, 0.3) is 0 Å². The van der Waals surface area contributed by atoms with Crippen LogP contribution in [0.1, 0.15) is 30.7 Å². The van der Waals surface area contributed by atoms with Gasteiger partial charge >= 0.3 is 0 Å². The molecule has 7 heteroatoms. The molecule has 1 aromatic heterocycles. The topological polar surface area (TPSA) is 67.6 Å². The Bertz CT molecular complexity index is 765. The number of hydrogen-bond acceptors (Lipinski definition) is 5. The van der Waals surface area contributed by atoms with Gasteiger partial charge in [-0.25, -0.2) is 4.98 Å². The van der Waals surface area contributed by atoms with E-state index in [1.165, 1.54) is 17.3 Å². The van der Waals surface area contributed by atoms with Gasteiger partial charge in [-0.15, -0.1) is 0 Å². The Morgan fingerprint density at radius 3 is 2.56 bits per heavy atom. The first kappa shape index (κ1) is 19.9. The van der Waals surface area contributed by atoms with Gasteiger partial charge in [-0.3, -0.25) is 4.79 Å². The normalized spacial score (nSPS) is 20.1. The molecule has 0 spiro atoms. The second-order valence-corrected chi connectivity index (χ2v) is 8.05. The van der Waals surface area contributed by atoms with Gasteiger partial charge in [0, 0.05) is 19.6 Å². The number of aromatic nitrogens is 2. The molecule has 2 heterocycles. The van der Waals surface area contributed by atoms with E-state index >= 15 is 0 Å². The molecule has 2 unspecified atom stereocenters. The highest BCUT2D eigenvalue weighted by atomic mass is 32.2. The number of aliphatic hydroxyl groups is 1. The first-order valence-corrected chi connectivity index (χ1v) is 10.2. The number of aliphatic hydroxyl groups excluding tert-OH is 1. The molecule has 1 N–H and O–H groups in total. The molecule has 1 aliphatic rings. The number of nitrogens with zero attached hydrogens (tertiary/aromatic N) is 3. The summed E-state index contributed by atoms with van der Waals surface area (Å²) in [6.45, 7) is 7.84. The molecule has 1 saturated heterocycles. The highest BCUT2D eigenvalue weighted by Crippen LogP contribution is 2.22. The fourth-order valence-electron chi connectivity index (χ4n) is 3.28. The van der Waals surface area contributed by atoms with Crippen molar-refractivity contribution in [2.45, 2.75) is 51.3 Å². The summed E-state index contributed by atoms with van der Waals surface area (Å²) in [5.74, 6) is 0.423. The summed E-state index contributed by atoms with van der Waals surface area (Å²) in [4.78, 5) is 18.9. The van der Waals surface area contributed by atoms with Crippen molar-refractivity contribution in [3.8, 4) is 0 Å². The van der Waals surface area contributed by atoms with E-state index in [0.717, 1.165) is 16.4 Å². The molecular weight excluding hydrogens is 362 g/mol. The minimum atomic E-state index is -0.0775. The summed E-state index contributed by atoms with van der Waals surface area (Å²) >= 11 is 1.42. The van der Waals surface area contributed by atoms with Crippen LogP contribution < -0.4 is 0 Å². The van der Waals surface area contributed by atoms with Crippen LogP contribution in [0.3, 0.4) is 0 Å². The van der Waals surface area contributed by atoms with Gasteiger partial charge in [0.05, 0.1) is 36.5 Å². The van der Waals surface area contributed by atoms with E-state index in [-0.39, 0.29) is 24.7 Å². The first-order valence-electron chi connectivity index (χ1n) is 9.23. The van der Waals surface area contributed by atoms with E-state index in [4.69, 9.17) is 4.74 Å². The van der Waals surface area contributed by atoms with Gasteiger partial charge in [0.15, 0.2) is 5.16 Å². The lowest BCUT2D eigenvalue weighted by Crippen LogP contribution is -2.48. The highest BCUT2D eigenvalue weighted by molar-refractivity contribution is 7.99. The molecule has 0 saturated carbocycles.